The second-order valence-electron chi connectivity index (χ2n) is 3.04. The molecule has 0 amide bonds. The molecule has 0 aromatic heterocycles. The smallest absolute Gasteiger partial charge is 0.0401 e. The number of rotatable bonds is 4. The van der Waals surface area contributed by atoms with Crippen LogP contribution in [0, 0.1) is 0 Å². The Morgan fingerprint density at radius 1 is 1.25 bits per heavy atom. The Hall–Kier alpha value is -0.430. The highest BCUT2D eigenvalue weighted by atomic mass is 32.1. The Bertz CT molecular complexity index is 206. The van der Waals surface area contributed by atoms with E-state index < -0.39 is 0 Å². The van der Waals surface area contributed by atoms with Gasteiger partial charge >= 0.3 is 0 Å². The van der Waals surface area contributed by atoms with Crippen LogP contribution in [0.4, 0.5) is 0 Å². The van der Waals surface area contributed by atoms with Crippen molar-refractivity contribution in [3.8, 4) is 0 Å². The van der Waals surface area contributed by atoms with Crippen molar-refractivity contribution in [2.24, 2.45) is 0 Å². The first-order valence-electron chi connectivity index (χ1n) is 4.55. The Kier molecular flexibility index (Phi) is 4.23. The summed E-state index contributed by atoms with van der Waals surface area (Å²) in [7, 11) is 0. The molecule has 0 fully saturated rings. The summed E-state index contributed by atoms with van der Waals surface area (Å²) >= 11 is 5.37. The van der Waals surface area contributed by atoms with Crippen molar-refractivity contribution in [1.82, 2.24) is 0 Å². The van der Waals surface area contributed by atoms with Crippen LogP contribution in [0.2, 0.25) is 0 Å². The first-order chi connectivity index (χ1) is 5.84. The van der Waals surface area contributed by atoms with Gasteiger partial charge in [0.1, 0.15) is 0 Å². The second kappa shape index (κ2) is 5.26. The summed E-state index contributed by atoms with van der Waals surface area (Å²) in [6.07, 6.45) is 3.61. The fourth-order valence-electron chi connectivity index (χ4n) is 1.22. The Balaban J connectivity index is 2.48. The van der Waals surface area contributed by atoms with Crippen LogP contribution >= 0.6 is 12.6 Å². The Morgan fingerprint density at radius 2 is 1.92 bits per heavy atom. The number of unbranched alkanes of at least 4 members (excludes halogenated alkanes) is 1. The van der Waals surface area contributed by atoms with Crippen molar-refractivity contribution in [3.63, 3.8) is 0 Å². The zero-order valence-corrected chi connectivity index (χ0v) is 8.31. The highest BCUT2D eigenvalue weighted by Crippen LogP contribution is 2.24. The van der Waals surface area contributed by atoms with E-state index >= 15 is 0 Å². The molecule has 1 unspecified atom stereocenters. The van der Waals surface area contributed by atoms with Crippen LogP contribution in [0.3, 0.4) is 0 Å². The lowest BCUT2D eigenvalue weighted by Gasteiger charge is -2.08. The highest BCUT2D eigenvalue weighted by molar-refractivity contribution is 7.80. The number of benzene rings is 1. The van der Waals surface area contributed by atoms with Gasteiger partial charge in [0.25, 0.3) is 0 Å². The maximum absolute atomic E-state index is 5.37. The van der Waals surface area contributed by atoms with E-state index in [0.29, 0.717) is 5.25 Å². The minimum absolute atomic E-state index is 0.311. The molecule has 1 atom stereocenters. The van der Waals surface area contributed by atoms with Crippen molar-refractivity contribution in [2.45, 2.75) is 31.4 Å². The second-order valence-corrected chi connectivity index (χ2v) is 3.61. The summed E-state index contributed by atoms with van der Waals surface area (Å²) in [6, 6.07) is 10.4. The molecule has 1 heteroatoms. The summed E-state index contributed by atoms with van der Waals surface area (Å²) in [4.78, 5) is 0. The number of hydrogen-bond donors (Lipinski definition) is 0. The molecule has 65 valence electrons. The summed E-state index contributed by atoms with van der Waals surface area (Å²) in [6.45, 7) is 2.20. The van der Waals surface area contributed by atoms with E-state index in [1.165, 1.54) is 18.4 Å². The van der Waals surface area contributed by atoms with Gasteiger partial charge in [0.15, 0.2) is 0 Å². The van der Waals surface area contributed by atoms with Crippen LogP contribution in [-0.2, 0) is 0 Å². The molecule has 0 spiro atoms. The monoisotopic (exact) mass is 179 g/mol. The SMILES string of the molecule is CCCCC([S])c1ccccc1. The van der Waals surface area contributed by atoms with Crippen LogP contribution < -0.4 is 0 Å². The van der Waals surface area contributed by atoms with E-state index in [1.54, 1.807) is 0 Å². The Morgan fingerprint density at radius 3 is 2.50 bits per heavy atom. The van der Waals surface area contributed by atoms with Crippen LogP contribution in [0.15, 0.2) is 30.3 Å². The molecule has 0 heterocycles. The molecule has 0 saturated heterocycles. The lowest BCUT2D eigenvalue weighted by molar-refractivity contribution is 0.709. The van der Waals surface area contributed by atoms with Crippen LogP contribution in [0.1, 0.15) is 37.0 Å². The van der Waals surface area contributed by atoms with E-state index in [4.69, 9.17) is 12.6 Å². The van der Waals surface area contributed by atoms with Crippen LogP contribution in [0.5, 0.6) is 0 Å². The van der Waals surface area contributed by atoms with E-state index in [2.05, 4.69) is 31.2 Å². The fourth-order valence-corrected chi connectivity index (χ4v) is 1.55. The average Bonchev–Trinajstić information content (AvgIpc) is 2.15. The topological polar surface area (TPSA) is 0 Å². The molecule has 12 heavy (non-hydrogen) atoms. The van der Waals surface area contributed by atoms with Gasteiger partial charge in [-0.05, 0) is 12.0 Å². The third-order valence-corrected chi connectivity index (χ3v) is 2.50. The van der Waals surface area contributed by atoms with E-state index in [0.717, 1.165) is 6.42 Å². The van der Waals surface area contributed by atoms with Crippen LogP contribution in [-0.4, -0.2) is 0 Å². The lowest BCUT2D eigenvalue weighted by Crippen LogP contribution is -1.89. The molecule has 0 aliphatic heterocycles. The molecule has 0 bridgehead atoms. The molecule has 1 aromatic rings. The zero-order valence-electron chi connectivity index (χ0n) is 7.49. The quantitative estimate of drug-likeness (QED) is 0.652. The molecule has 0 nitrogen and oxygen atoms in total. The minimum Gasteiger partial charge on any atom is -0.0853 e. The molecule has 1 radical (unpaired) electrons. The maximum atomic E-state index is 5.37. The predicted octanol–water partition coefficient (Wildman–Crippen LogP) is 4.12. The normalized spacial score (nSPS) is 12.8. The molecule has 0 aliphatic rings. The van der Waals surface area contributed by atoms with Gasteiger partial charge in [-0.25, -0.2) is 0 Å². The van der Waals surface area contributed by atoms with Gasteiger partial charge in [-0.15, -0.1) is 0 Å². The Labute approximate surface area is 80.4 Å². The molecule has 0 saturated carbocycles. The average molecular weight is 179 g/mol. The van der Waals surface area contributed by atoms with Gasteiger partial charge in [0, 0.05) is 5.25 Å². The first kappa shape index (κ1) is 9.66. The molecule has 0 N–H and O–H groups in total. The fraction of sp³-hybridized carbons (Fsp3) is 0.455. The van der Waals surface area contributed by atoms with E-state index in [-0.39, 0.29) is 0 Å². The summed E-state index contributed by atoms with van der Waals surface area (Å²) in [5, 5.41) is 0.311. The number of hydrogen-bond acceptors (Lipinski definition) is 0. The molecular formula is C11H15S. The summed E-state index contributed by atoms with van der Waals surface area (Å²) < 4.78 is 0. The van der Waals surface area contributed by atoms with Crippen molar-refractivity contribution in [2.75, 3.05) is 0 Å². The molecular weight excluding hydrogens is 164 g/mol. The zero-order chi connectivity index (χ0) is 8.81. The maximum Gasteiger partial charge on any atom is 0.0401 e. The van der Waals surface area contributed by atoms with Crippen molar-refractivity contribution >= 4 is 12.6 Å². The van der Waals surface area contributed by atoms with Gasteiger partial charge in [-0.1, -0.05) is 62.7 Å². The highest BCUT2D eigenvalue weighted by Gasteiger charge is 2.04. The van der Waals surface area contributed by atoms with Crippen molar-refractivity contribution < 1.29 is 0 Å². The standard InChI is InChI=1S/C11H15S/c1-2-3-9-11(12)10-7-5-4-6-8-10/h4-8,11H,2-3,9H2,1H3. The van der Waals surface area contributed by atoms with Crippen molar-refractivity contribution in [3.05, 3.63) is 35.9 Å². The summed E-state index contributed by atoms with van der Waals surface area (Å²) in [5.74, 6) is 0. The third-order valence-electron chi connectivity index (χ3n) is 1.99. The predicted molar refractivity (Wildman–Crippen MR) is 56.3 cm³/mol. The van der Waals surface area contributed by atoms with Gasteiger partial charge in [-0.3, -0.25) is 0 Å². The van der Waals surface area contributed by atoms with Crippen LogP contribution in [0.25, 0.3) is 0 Å². The molecule has 1 aromatic carbocycles. The lowest BCUT2D eigenvalue weighted by atomic mass is 10.1. The van der Waals surface area contributed by atoms with E-state index in [9.17, 15) is 0 Å². The van der Waals surface area contributed by atoms with Gasteiger partial charge < -0.3 is 0 Å². The van der Waals surface area contributed by atoms with Gasteiger partial charge in [0.05, 0.1) is 0 Å². The van der Waals surface area contributed by atoms with E-state index in [1.807, 2.05) is 6.07 Å². The molecule has 1 rings (SSSR count). The third kappa shape index (κ3) is 2.90. The van der Waals surface area contributed by atoms with Crippen molar-refractivity contribution in [1.29, 1.82) is 0 Å². The largest absolute Gasteiger partial charge is 0.0853 e. The summed E-state index contributed by atoms with van der Waals surface area (Å²) in [5.41, 5.74) is 1.29. The first-order valence-corrected chi connectivity index (χ1v) is 5.02. The molecule has 0 aliphatic carbocycles. The minimum atomic E-state index is 0.311. The van der Waals surface area contributed by atoms with Gasteiger partial charge in [0.2, 0.25) is 0 Å². The van der Waals surface area contributed by atoms with Gasteiger partial charge in [-0.2, -0.15) is 0 Å².